The molecular formula is C18H24FN5O2S. The first-order valence-electron chi connectivity index (χ1n) is 9.26. The lowest BCUT2D eigenvalue weighted by molar-refractivity contribution is 0.224. The van der Waals surface area contributed by atoms with Crippen molar-refractivity contribution < 1.29 is 12.8 Å². The normalized spacial score (nSPS) is 22.0. The van der Waals surface area contributed by atoms with Crippen LogP contribution in [0.5, 0.6) is 0 Å². The summed E-state index contributed by atoms with van der Waals surface area (Å²) in [5, 5.41) is 8.64. The summed E-state index contributed by atoms with van der Waals surface area (Å²) in [7, 11) is -1.78. The smallest absolute Gasteiger partial charge is 0.243 e. The molecule has 1 unspecified atom stereocenters. The van der Waals surface area contributed by atoms with Crippen molar-refractivity contribution in [1.82, 2.24) is 24.0 Å². The summed E-state index contributed by atoms with van der Waals surface area (Å²) in [6.07, 6.45) is 2.41. The number of piperidine rings is 1. The Balaban J connectivity index is 1.72. The molecule has 1 saturated heterocycles. The van der Waals surface area contributed by atoms with Crippen LogP contribution in [0.3, 0.4) is 0 Å². The standard InChI is InChI=1S/C18H24FN5O2S/c1-13-6-7-14(11-15(13)19)27(25,26)24-8-4-3-5-16(24)18-21-20-17-12-22(2)9-10-23(17)18/h6-7,11,16H,3-5,8-10,12H2,1-2H3. The maximum Gasteiger partial charge on any atom is 0.243 e. The average molecular weight is 393 g/mol. The Kier molecular flexibility index (Phi) is 4.77. The lowest BCUT2D eigenvalue weighted by atomic mass is 10.0. The van der Waals surface area contributed by atoms with Gasteiger partial charge in [-0.2, -0.15) is 4.31 Å². The van der Waals surface area contributed by atoms with E-state index < -0.39 is 15.8 Å². The zero-order valence-corrected chi connectivity index (χ0v) is 16.4. The predicted octanol–water partition coefficient (Wildman–Crippen LogP) is 2.09. The van der Waals surface area contributed by atoms with Crippen LogP contribution in [-0.4, -0.2) is 52.5 Å². The van der Waals surface area contributed by atoms with Gasteiger partial charge >= 0.3 is 0 Å². The highest BCUT2D eigenvalue weighted by atomic mass is 32.2. The molecule has 1 aromatic heterocycles. The number of aromatic nitrogens is 3. The number of aryl methyl sites for hydroxylation is 1. The number of hydrogen-bond donors (Lipinski definition) is 0. The fraction of sp³-hybridized carbons (Fsp3) is 0.556. The van der Waals surface area contributed by atoms with E-state index in [1.54, 1.807) is 6.92 Å². The largest absolute Gasteiger partial charge is 0.311 e. The third-order valence-corrected chi connectivity index (χ3v) is 7.38. The minimum atomic E-state index is -3.81. The van der Waals surface area contributed by atoms with Gasteiger partial charge in [0.2, 0.25) is 10.0 Å². The molecule has 0 radical (unpaired) electrons. The molecule has 0 aliphatic carbocycles. The van der Waals surface area contributed by atoms with Gasteiger partial charge in [-0.3, -0.25) is 4.90 Å². The van der Waals surface area contributed by atoms with E-state index >= 15 is 0 Å². The summed E-state index contributed by atoms with van der Waals surface area (Å²) in [6.45, 7) is 4.35. The van der Waals surface area contributed by atoms with Crippen molar-refractivity contribution in [2.24, 2.45) is 0 Å². The number of fused-ring (bicyclic) bond motifs is 1. The van der Waals surface area contributed by atoms with Gasteiger partial charge in [0.25, 0.3) is 0 Å². The highest BCUT2D eigenvalue weighted by molar-refractivity contribution is 7.89. The van der Waals surface area contributed by atoms with Crippen LogP contribution in [0.4, 0.5) is 4.39 Å². The second-order valence-corrected chi connectivity index (χ2v) is 9.29. The Labute approximate surface area is 158 Å². The van der Waals surface area contributed by atoms with Gasteiger partial charge in [-0.25, -0.2) is 12.8 Å². The number of sulfonamides is 1. The fourth-order valence-electron chi connectivity index (χ4n) is 3.87. The Bertz CT molecular complexity index is 959. The van der Waals surface area contributed by atoms with Crippen LogP contribution in [0.15, 0.2) is 23.1 Å². The van der Waals surface area contributed by atoms with E-state index in [1.165, 1.54) is 16.4 Å². The molecule has 3 heterocycles. The molecule has 0 saturated carbocycles. The molecule has 2 aliphatic rings. The predicted molar refractivity (Wildman–Crippen MR) is 98.0 cm³/mol. The van der Waals surface area contributed by atoms with Gasteiger partial charge in [0.15, 0.2) is 5.82 Å². The van der Waals surface area contributed by atoms with Gasteiger partial charge in [0, 0.05) is 19.6 Å². The Morgan fingerprint density at radius 2 is 1.96 bits per heavy atom. The van der Waals surface area contributed by atoms with Crippen molar-refractivity contribution in [3.05, 3.63) is 41.2 Å². The number of halogens is 1. The molecule has 2 aromatic rings. The zero-order valence-electron chi connectivity index (χ0n) is 15.6. The summed E-state index contributed by atoms with van der Waals surface area (Å²) >= 11 is 0. The molecule has 7 nitrogen and oxygen atoms in total. The number of benzene rings is 1. The highest BCUT2D eigenvalue weighted by Gasteiger charge is 2.38. The minimum Gasteiger partial charge on any atom is -0.311 e. The monoisotopic (exact) mass is 393 g/mol. The Hall–Kier alpha value is -1.84. The van der Waals surface area contributed by atoms with Crippen molar-refractivity contribution in [3.63, 3.8) is 0 Å². The summed E-state index contributed by atoms with van der Waals surface area (Å²) in [5.41, 5.74) is 0.430. The van der Waals surface area contributed by atoms with E-state index in [-0.39, 0.29) is 10.9 Å². The van der Waals surface area contributed by atoms with Crippen LogP contribution >= 0.6 is 0 Å². The number of rotatable bonds is 3. The molecule has 1 atom stereocenters. The molecule has 1 fully saturated rings. The van der Waals surface area contributed by atoms with Crippen molar-refractivity contribution in [3.8, 4) is 0 Å². The van der Waals surface area contributed by atoms with Gasteiger partial charge in [-0.05, 0) is 44.5 Å². The van der Waals surface area contributed by atoms with Crippen LogP contribution in [-0.2, 0) is 23.1 Å². The number of hydrogen-bond acceptors (Lipinski definition) is 5. The molecule has 0 spiro atoms. The van der Waals surface area contributed by atoms with Crippen molar-refractivity contribution in [2.75, 3.05) is 20.1 Å². The van der Waals surface area contributed by atoms with Crippen molar-refractivity contribution >= 4 is 10.0 Å². The van der Waals surface area contributed by atoms with E-state index in [9.17, 15) is 12.8 Å². The topological polar surface area (TPSA) is 71.3 Å². The fourth-order valence-corrected chi connectivity index (χ4v) is 5.53. The van der Waals surface area contributed by atoms with Crippen LogP contribution in [0, 0.1) is 12.7 Å². The Morgan fingerprint density at radius 1 is 1.15 bits per heavy atom. The molecule has 2 aliphatic heterocycles. The van der Waals surface area contributed by atoms with Gasteiger partial charge in [0.1, 0.15) is 11.6 Å². The SMILES string of the molecule is Cc1ccc(S(=O)(=O)N2CCCCC2c2nnc3n2CCN(C)C3)cc1F. The quantitative estimate of drug-likeness (QED) is 0.799. The summed E-state index contributed by atoms with van der Waals surface area (Å²) in [6, 6.07) is 3.74. The third kappa shape index (κ3) is 3.28. The van der Waals surface area contributed by atoms with E-state index in [1.807, 2.05) is 11.6 Å². The second kappa shape index (κ2) is 6.96. The van der Waals surface area contributed by atoms with Crippen molar-refractivity contribution in [2.45, 2.75) is 50.2 Å². The van der Waals surface area contributed by atoms with Gasteiger partial charge < -0.3 is 4.57 Å². The van der Waals surface area contributed by atoms with E-state index in [2.05, 4.69) is 15.1 Å². The maximum absolute atomic E-state index is 14.0. The van der Waals surface area contributed by atoms with E-state index in [0.29, 0.717) is 30.9 Å². The minimum absolute atomic E-state index is 0.00406. The molecule has 0 amide bonds. The zero-order chi connectivity index (χ0) is 19.2. The van der Waals surface area contributed by atoms with Gasteiger partial charge in [-0.1, -0.05) is 12.5 Å². The van der Waals surface area contributed by atoms with Crippen LogP contribution < -0.4 is 0 Å². The summed E-state index contributed by atoms with van der Waals surface area (Å²) < 4.78 is 44.1. The van der Waals surface area contributed by atoms with Crippen LogP contribution in [0.25, 0.3) is 0 Å². The lowest BCUT2D eigenvalue weighted by Gasteiger charge is -2.35. The molecule has 146 valence electrons. The van der Waals surface area contributed by atoms with Gasteiger partial charge in [0.05, 0.1) is 17.5 Å². The summed E-state index contributed by atoms with van der Waals surface area (Å²) in [5.74, 6) is 1.06. The Morgan fingerprint density at radius 3 is 2.74 bits per heavy atom. The molecule has 0 bridgehead atoms. The average Bonchev–Trinajstić information content (AvgIpc) is 3.06. The lowest BCUT2D eigenvalue weighted by Crippen LogP contribution is -2.40. The third-order valence-electron chi connectivity index (χ3n) is 5.47. The molecule has 9 heteroatoms. The van der Waals surface area contributed by atoms with E-state index in [0.717, 1.165) is 37.8 Å². The molecule has 1 aromatic carbocycles. The molecule has 4 rings (SSSR count). The molecule has 27 heavy (non-hydrogen) atoms. The first kappa shape index (κ1) is 18.5. The van der Waals surface area contributed by atoms with Crippen LogP contribution in [0.2, 0.25) is 0 Å². The first-order valence-corrected chi connectivity index (χ1v) is 10.7. The number of nitrogens with zero attached hydrogens (tertiary/aromatic N) is 5. The maximum atomic E-state index is 14.0. The molecular weight excluding hydrogens is 369 g/mol. The summed E-state index contributed by atoms with van der Waals surface area (Å²) in [4.78, 5) is 2.16. The molecule has 0 N–H and O–H groups in total. The first-order chi connectivity index (χ1) is 12.9. The highest BCUT2D eigenvalue weighted by Crippen LogP contribution is 2.35. The van der Waals surface area contributed by atoms with Crippen LogP contribution in [0.1, 0.15) is 42.5 Å². The second-order valence-electron chi connectivity index (χ2n) is 7.40. The van der Waals surface area contributed by atoms with E-state index in [4.69, 9.17) is 0 Å². The van der Waals surface area contributed by atoms with Gasteiger partial charge in [-0.15, -0.1) is 10.2 Å². The van der Waals surface area contributed by atoms with Crippen molar-refractivity contribution in [1.29, 1.82) is 0 Å². The number of likely N-dealkylation sites (N-methyl/N-ethyl adjacent to an activating group) is 1.